The number of ether oxygens (including phenoxy) is 1. The molecule has 1 aliphatic carbocycles. The number of aliphatic hydroxyl groups excluding tert-OH is 1. The van der Waals surface area contributed by atoms with Crippen molar-refractivity contribution in [2.75, 3.05) is 7.11 Å². The van der Waals surface area contributed by atoms with E-state index in [1.165, 1.54) is 7.11 Å². The van der Waals surface area contributed by atoms with Crippen LogP contribution in [0.1, 0.15) is 58.3 Å². The summed E-state index contributed by atoms with van der Waals surface area (Å²) in [5.41, 5.74) is 0. The van der Waals surface area contributed by atoms with Crippen molar-refractivity contribution in [3.8, 4) is 0 Å². The Bertz CT molecular complexity index is 425. The highest BCUT2D eigenvalue weighted by molar-refractivity contribution is 5.94. The highest BCUT2D eigenvalue weighted by Crippen LogP contribution is 2.29. The SMILES string of the molecule is CCCCCC(O)/C=C/[C@H]1C=CC(=O)[C@H]1CCCCC(=O)OC. The quantitative estimate of drug-likeness (QED) is 0.359. The van der Waals surface area contributed by atoms with Gasteiger partial charge < -0.3 is 9.84 Å². The van der Waals surface area contributed by atoms with Gasteiger partial charge in [0.1, 0.15) is 0 Å². The van der Waals surface area contributed by atoms with Crippen LogP contribution in [-0.2, 0) is 14.3 Å². The van der Waals surface area contributed by atoms with Crippen LogP contribution in [0, 0.1) is 11.8 Å². The first-order chi connectivity index (χ1) is 11.1. The highest BCUT2D eigenvalue weighted by Gasteiger charge is 2.27. The number of ketones is 1. The van der Waals surface area contributed by atoms with E-state index in [1.54, 1.807) is 6.08 Å². The average Bonchev–Trinajstić information content (AvgIpc) is 2.89. The van der Waals surface area contributed by atoms with Crippen molar-refractivity contribution in [3.05, 3.63) is 24.3 Å². The number of methoxy groups -OCH3 is 1. The highest BCUT2D eigenvalue weighted by atomic mass is 16.5. The van der Waals surface area contributed by atoms with Gasteiger partial charge in [0.05, 0.1) is 13.2 Å². The Labute approximate surface area is 139 Å². The lowest BCUT2D eigenvalue weighted by Crippen LogP contribution is -2.15. The Hall–Kier alpha value is -1.42. The number of aliphatic hydroxyl groups is 1. The van der Waals surface area contributed by atoms with Crippen molar-refractivity contribution in [1.82, 2.24) is 0 Å². The van der Waals surface area contributed by atoms with Gasteiger partial charge in [-0.2, -0.15) is 0 Å². The molecule has 0 aromatic rings. The van der Waals surface area contributed by atoms with Gasteiger partial charge in [-0.15, -0.1) is 0 Å². The maximum atomic E-state index is 11.9. The molecule has 4 heteroatoms. The van der Waals surface area contributed by atoms with Crippen LogP contribution in [0.3, 0.4) is 0 Å². The number of hydrogen-bond acceptors (Lipinski definition) is 4. The summed E-state index contributed by atoms with van der Waals surface area (Å²) in [5.74, 6) is -0.0288. The molecule has 1 unspecified atom stereocenters. The second-order valence-corrected chi connectivity index (χ2v) is 6.22. The van der Waals surface area contributed by atoms with Crippen LogP contribution in [0.25, 0.3) is 0 Å². The predicted octanol–water partition coefficient (Wildman–Crippen LogP) is 3.59. The maximum absolute atomic E-state index is 11.9. The van der Waals surface area contributed by atoms with Crippen molar-refractivity contribution in [3.63, 3.8) is 0 Å². The molecule has 23 heavy (non-hydrogen) atoms. The van der Waals surface area contributed by atoms with Gasteiger partial charge in [-0.05, 0) is 25.3 Å². The summed E-state index contributed by atoms with van der Waals surface area (Å²) in [7, 11) is 1.39. The van der Waals surface area contributed by atoms with Crippen LogP contribution in [0.2, 0.25) is 0 Å². The lowest BCUT2D eigenvalue weighted by molar-refractivity contribution is -0.140. The zero-order chi connectivity index (χ0) is 17.1. The number of hydrogen-bond donors (Lipinski definition) is 1. The fraction of sp³-hybridized carbons (Fsp3) is 0.684. The first-order valence-corrected chi connectivity index (χ1v) is 8.73. The van der Waals surface area contributed by atoms with Crippen LogP contribution in [0.4, 0.5) is 0 Å². The van der Waals surface area contributed by atoms with Crippen molar-refractivity contribution in [1.29, 1.82) is 0 Å². The molecule has 0 spiro atoms. The maximum Gasteiger partial charge on any atom is 0.305 e. The minimum absolute atomic E-state index is 0.0493. The molecular formula is C19H30O4. The molecule has 1 rings (SSSR count). The molecule has 0 aliphatic heterocycles. The summed E-state index contributed by atoms with van der Waals surface area (Å²) in [6.07, 6.45) is 13.7. The summed E-state index contributed by atoms with van der Waals surface area (Å²) in [6, 6.07) is 0. The summed E-state index contributed by atoms with van der Waals surface area (Å²) >= 11 is 0. The minimum atomic E-state index is -0.425. The van der Waals surface area contributed by atoms with Crippen LogP contribution in [0.5, 0.6) is 0 Å². The molecule has 0 radical (unpaired) electrons. The van der Waals surface area contributed by atoms with Crippen LogP contribution >= 0.6 is 0 Å². The normalized spacial score (nSPS) is 22.0. The van der Waals surface area contributed by atoms with Crippen LogP contribution in [0.15, 0.2) is 24.3 Å². The van der Waals surface area contributed by atoms with Gasteiger partial charge in [0.2, 0.25) is 0 Å². The van der Waals surface area contributed by atoms with Gasteiger partial charge in [0, 0.05) is 18.3 Å². The zero-order valence-electron chi connectivity index (χ0n) is 14.4. The third-order valence-corrected chi connectivity index (χ3v) is 4.35. The number of esters is 1. The van der Waals surface area contributed by atoms with E-state index in [2.05, 4.69) is 11.7 Å². The van der Waals surface area contributed by atoms with Crippen molar-refractivity contribution in [2.24, 2.45) is 11.8 Å². The summed E-state index contributed by atoms with van der Waals surface area (Å²) in [6.45, 7) is 2.14. The number of allylic oxidation sites excluding steroid dienone is 3. The van der Waals surface area contributed by atoms with E-state index in [0.29, 0.717) is 6.42 Å². The number of rotatable bonds is 11. The molecule has 4 nitrogen and oxygen atoms in total. The Morgan fingerprint density at radius 2 is 2.13 bits per heavy atom. The van der Waals surface area contributed by atoms with E-state index < -0.39 is 6.10 Å². The Morgan fingerprint density at radius 3 is 2.83 bits per heavy atom. The molecule has 0 bridgehead atoms. The molecule has 0 fully saturated rings. The third kappa shape index (κ3) is 7.60. The topological polar surface area (TPSA) is 63.6 Å². The number of carbonyl (C=O) groups excluding carboxylic acids is 2. The van der Waals surface area contributed by atoms with Crippen LogP contribution < -0.4 is 0 Å². The second-order valence-electron chi connectivity index (χ2n) is 6.22. The summed E-state index contributed by atoms with van der Waals surface area (Å²) in [4.78, 5) is 23.0. The molecule has 130 valence electrons. The molecular weight excluding hydrogens is 292 g/mol. The van der Waals surface area contributed by atoms with E-state index in [0.717, 1.165) is 44.9 Å². The molecule has 0 aromatic heterocycles. The Morgan fingerprint density at radius 1 is 1.35 bits per heavy atom. The van der Waals surface area contributed by atoms with Gasteiger partial charge in [0.15, 0.2) is 5.78 Å². The minimum Gasteiger partial charge on any atom is -0.469 e. The van der Waals surface area contributed by atoms with Gasteiger partial charge in [-0.1, -0.05) is 50.8 Å². The second kappa shape index (κ2) is 11.2. The Kier molecular flexibility index (Phi) is 9.53. The lowest BCUT2D eigenvalue weighted by atomic mass is 9.88. The first kappa shape index (κ1) is 19.6. The molecule has 1 aliphatic rings. The average molecular weight is 322 g/mol. The van der Waals surface area contributed by atoms with Gasteiger partial charge in [-0.25, -0.2) is 0 Å². The van der Waals surface area contributed by atoms with E-state index in [4.69, 9.17) is 0 Å². The smallest absolute Gasteiger partial charge is 0.305 e. The molecule has 1 N–H and O–H groups in total. The van der Waals surface area contributed by atoms with Gasteiger partial charge >= 0.3 is 5.97 Å². The number of unbranched alkanes of at least 4 members (excludes halogenated alkanes) is 3. The summed E-state index contributed by atoms with van der Waals surface area (Å²) < 4.78 is 4.61. The predicted molar refractivity (Wildman–Crippen MR) is 90.9 cm³/mol. The lowest BCUT2D eigenvalue weighted by Gasteiger charge is -2.15. The molecule has 0 heterocycles. The molecule has 0 saturated heterocycles. The fourth-order valence-corrected chi connectivity index (χ4v) is 2.88. The summed E-state index contributed by atoms with van der Waals surface area (Å²) in [5, 5.41) is 9.94. The third-order valence-electron chi connectivity index (χ3n) is 4.35. The van der Waals surface area contributed by atoms with Crippen molar-refractivity contribution in [2.45, 2.75) is 64.4 Å². The molecule has 3 atom stereocenters. The number of carbonyl (C=O) groups is 2. The Balaban J connectivity index is 2.36. The van der Waals surface area contributed by atoms with E-state index in [9.17, 15) is 14.7 Å². The first-order valence-electron chi connectivity index (χ1n) is 8.73. The monoisotopic (exact) mass is 322 g/mol. The van der Waals surface area contributed by atoms with Gasteiger partial charge in [0.25, 0.3) is 0 Å². The van der Waals surface area contributed by atoms with Crippen molar-refractivity contribution < 1.29 is 19.4 Å². The van der Waals surface area contributed by atoms with E-state index in [-0.39, 0.29) is 23.6 Å². The van der Waals surface area contributed by atoms with Crippen molar-refractivity contribution >= 4 is 11.8 Å². The zero-order valence-corrected chi connectivity index (χ0v) is 14.4. The molecule has 0 saturated carbocycles. The largest absolute Gasteiger partial charge is 0.469 e. The van der Waals surface area contributed by atoms with E-state index in [1.807, 2.05) is 18.2 Å². The van der Waals surface area contributed by atoms with E-state index >= 15 is 0 Å². The fourth-order valence-electron chi connectivity index (χ4n) is 2.88. The van der Waals surface area contributed by atoms with Gasteiger partial charge in [-0.3, -0.25) is 9.59 Å². The van der Waals surface area contributed by atoms with Crippen LogP contribution in [-0.4, -0.2) is 30.1 Å². The molecule has 0 aromatic carbocycles. The standard InChI is InChI=1S/C19H30O4/c1-3-4-5-8-16(20)13-11-15-12-14-18(21)17(15)9-6-7-10-19(22)23-2/h11-17,20H,3-10H2,1-2H3/b13-11+/t15-,16?,17-/m0/s1. The molecule has 0 amide bonds.